The molecule has 2 aliphatic rings. The van der Waals surface area contributed by atoms with Crippen LogP contribution in [0.5, 0.6) is 0 Å². The summed E-state index contributed by atoms with van der Waals surface area (Å²) in [7, 11) is 0. The fourth-order valence-electron chi connectivity index (χ4n) is 2.11. The van der Waals surface area contributed by atoms with E-state index < -0.39 is 0 Å². The molecule has 0 unspecified atom stereocenters. The van der Waals surface area contributed by atoms with Gasteiger partial charge in [-0.15, -0.1) is 0 Å². The Bertz CT molecular complexity index is 122. The van der Waals surface area contributed by atoms with Crippen molar-refractivity contribution in [1.82, 2.24) is 5.32 Å². The predicted molar refractivity (Wildman–Crippen MR) is 44.6 cm³/mol. The molecule has 2 heterocycles. The second-order valence-electron chi connectivity index (χ2n) is 3.74. The van der Waals surface area contributed by atoms with Gasteiger partial charge in [0.2, 0.25) is 0 Å². The van der Waals surface area contributed by atoms with Gasteiger partial charge in [0.1, 0.15) is 0 Å². The van der Waals surface area contributed by atoms with Crippen LogP contribution in [0.3, 0.4) is 0 Å². The number of hydrogen-bond acceptors (Lipinski definition) is 2. The van der Waals surface area contributed by atoms with Gasteiger partial charge < -0.3 is 10.1 Å². The van der Waals surface area contributed by atoms with E-state index in [0.717, 1.165) is 6.61 Å². The summed E-state index contributed by atoms with van der Waals surface area (Å²) in [4.78, 5) is 0. The molecule has 0 bridgehead atoms. The summed E-state index contributed by atoms with van der Waals surface area (Å²) in [6.45, 7) is 3.38. The second-order valence-corrected chi connectivity index (χ2v) is 3.74. The maximum atomic E-state index is 5.67. The zero-order valence-electron chi connectivity index (χ0n) is 7.07. The Morgan fingerprint density at radius 3 is 2.09 bits per heavy atom. The minimum atomic E-state index is 0.335. The molecular formula is C9H17NO. The highest BCUT2D eigenvalue weighted by atomic mass is 16.5. The molecule has 0 aliphatic carbocycles. The van der Waals surface area contributed by atoms with Gasteiger partial charge in [-0.25, -0.2) is 0 Å². The van der Waals surface area contributed by atoms with Gasteiger partial charge in [-0.1, -0.05) is 0 Å². The van der Waals surface area contributed by atoms with Gasteiger partial charge in [-0.3, -0.25) is 0 Å². The third-order valence-electron chi connectivity index (χ3n) is 2.94. The van der Waals surface area contributed by atoms with E-state index in [-0.39, 0.29) is 0 Å². The first-order valence-electron chi connectivity index (χ1n) is 4.76. The Hall–Kier alpha value is -0.0800. The van der Waals surface area contributed by atoms with E-state index in [2.05, 4.69) is 5.32 Å². The van der Waals surface area contributed by atoms with E-state index >= 15 is 0 Å². The molecule has 64 valence electrons. The van der Waals surface area contributed by atoms with Crippen LogP contribution in [-0.4, -0.2) is 25.3 Å². The van der Waals surface area contributed by atoms with Crippen molar-refractivity contribution in [3.63, 3.8) is 0 Å². The summed E-state index contributed by atoms with van der Waals surface area (Å²) in [5.74, 6) is 0. The summed E-state index contributed by atoms with van der Waals surface area (Å²) in [5.41, 5.74) is 0.335. The van der Waals surface area contributed by atoms with Gasteiger partial charge in [0.05, 0.1) is 12.2 Å². The highest BCUT2D eigenvalue weighted by Crippen LogP contribution is 2.36. The molecule has 0 aromatic rings. The van der Waals surface area contributed by atoms with Crippen LogP contribution in [0.1, 0.15) is 32.1 Å². The molecule has 2 heteroatoms. The third-order valence-corrected chi connectivity index (χ3v) is 2.94. The minimum Gasteiger partial charge on any atom is -0.375 e. The molecule has 0 saturated carbocycles. The molecule has 11 heavy (non-hydrogen) atoms. The highest BCUT2D eigenvalue weighted by Gasteiger charge is 2.37. The fourth-order valence-corrected chi connectivity index (χ4v) is 2.11. The monoisotopic (exact) mass is 155 g/mol. The smallest absolute Gasteiger partial charge is 0.0705 e. The van der Waals surface area contributed by atoms with Gasteiger partial charge in [0.25, 0.3) is 0 Å². The molecular weight excluding hydrogens is 138 g/mol. The van der Waals surface area contributed by atoms with Crippen molar-refractivity contribution in [1.29, 1.82) is 0 Å². The standard InChI is InChI=1S/C9H17NO/c1-3-9(5-8-11-9)4-2-7-10-6-1/h10H,1-8H2. The summed E-state index contributed by atoms with van der Waals surface area (Å²) in [5, 5.41) is 3.42. The first kappa shape index (κ1) is 7.56. The van der Waals surface area contributed by atoms with Crippen LogP contribution in [0.25, 0.3) is 0 Å². The van der Waals surface area contributed by atoms with Crippen molar-refractivity contribution in [2.45, 2.75) is 37.7 Å². The van der Waals surface area contributed by atoms with E-state index in [0.29, 0.717) is 5.60 Å². The molecule has 2 aliphatic heterocycles. The normalized spacial score (nSPS) is 30.5. The zero-order chi connectivity index (χ0) is 7.57. The average molecular weight is 155 g/mol. The quantitative estimate of drug-likeness (QED) is 0.569. The molecule has 1 spiro atoms. The average Bonchev–Trinajstić information content (AvgIpc) is 1.82. The van der Waals surface area contributed by atoms with Gasteiger partial charge in [0.15, 0.2) is 0 Å². The minimum absolute atomic E-state index is 0.335. The summed E-state index contributed by atoms with van der Waals surface area (Å²) >= 11 is 0. The molecule has 0 aromatic carbocycles. The van der Waals surface area contributed by atoms with E-state index in [1.807, 2.05) is 0 Å². The predicted octanol–water partition coefficient (Wildman–Crippen LogP) is 1.31. The maximum absolute atomic E-state index is 5.67. The maximum Gasteiger partial charge on any atom is 0.0705 e. The zero-order valence-corrected chi connectivity index (χ0v) is 7.07. The van der Waals surface area contributed by atoms with Crippen LogP contribution < -0.4 is 5.32 Å². The lowest BCUT2D eigenvalue weighted by Gasteiger charge is -2.43. The fraction of sp³-hybridized carbons (Fsp3) is 1.00. The SMILES string of the molecule is C1CNCCCC2(C1)CCO2. The van der Waals surface area contributed by atoms with Crippen molar-refractivity contribution in [2.75, 3.05) is 19.7 Å². The highest BCUT2D eigenvalue weighted by molar-refractivity contribution is 4.88. The molecule has 0 amide bonds. The number of nitrogens with one attached hydrogen (secondary N) is 1. The topological polar surface area (TPSA) is 21.3 Å². The third kappa shape index (κ3) is 1.57. The summed E-state index contributed by atoms with van der Waals surface area (Å²) < 4.78 is 5.67. The van der Waals surface area contributed by atoms with Crippen molar-refractivity contribution in [2.24, 2.45) is 0 Å². The van der Waals surface area contributed by atoms with E-state index in [4.69, 9.17) is 4.74 Å². The van der Waals surface area contributed by atoms with Crippen LogP contribution in [-0.2, 0) is 4.74 Å². The van der Waals surface area contributed by atoms with Gasteiger partial charge in [0, 0.05) is 0 Å². The van der Waals surface area contributed by atoms with Crippen molar-refractivity contribution in [3.05, 3.63) is 0 Å². The number of rotatable bonds is 0. The molecule has 1 N–H and O–H groups in total. The molecule has 2 saturated heterocycles. The molecule has 0 radical (unpaired) electrons. The van der Waals surface area contributed by atoms with E-state index in [9.17, 15) is 0 Å². The summed E-state index contributed by atoms with van der Waals surface area (Å²) in [6.07, 6.45) is 6.45. The first-order chi connectivity index (χ1) is 5.41. The lowest BCUT2D eigenvalue weighted by atomic mass is 9.84. The van der Waals surface area contributed by atoms with Crippen LogP contribution in [0.4, 0.5) is 0 Å². The van der Waals surface area contributed by atoms with Crippen molar-refractivity contribution in [3.8, 4) is 0 Å². The van der Waals surface area contributed by atoms with Gasteiger partial charge in [-0.05, 0) is 45.2 Å². The van der Waals surface area contributed by atoms with Gasteiger partial charge in [-0.2, -0.15) is 0 Å². The van der Waals surface area contributed by atoms with E-state index in [1.165, 1.54) is 45.2 Å². The number of ether oxygens (including phenoxy) is 1. The van der Waals surface area contributed by atoms with Crippen molar-refractivity contribution >= 4 is 0 Å². The van der Waals surface area contributed by atoms with Crippen LogP contribution in [0.2, 0.25) is 0 Å². The molecule has 2 nitrogen and oxygen atoms in total. The Morgan fingerprint density at radius 2 is 1.64 bits per heavy atom. The Labute approximate surface area is 68.3 Å². The van der Waals surface area contributed by atoms with E-state index in [1.54, 1.807) is 0 Å². The van der Waals surface area contributed by atoms with Crippen LogP contribution >= 0.6 is 0 Å². The molecule has 0 aromatic heterocycles. The lowest BCUT2D eigenvalue weighted by molar-refractivity contribution is -0.158. The van der Waals surface area contributed by atoms with Gasteiger partial charge >= 0.3 is 0 Å². The second kappa shape index (κ2) is 3.11. The molecule has 0 atom stereocenters. The molecule has 2 fully saturated rings. The first-order valence-corrected chi connectivity index (χ1v) is 4.76. The molecule has 2 rings (SSSR count). The largest absolute Gasteiger partial charge is 0.375 e. The Kier molecular flexibility index (Phi) is 2.14. The van der Waals surface area contributed by atoms with Crippen LogP contribution in [0, 0.1) is 0 Å². The van der Waals surface area contributed by atoms with Crippen molar-refractivity contribution < 1.29 is 4.74 Å². The Balaban J connectivity index is 1.86. The Morgan fingerprint density at radius 1 is 1.00 bits per heavy atom. The summed E-state index contributed by atoms with van der Waals surface area (Å²) in [6, 6.07) is 0. The number of hydrogen-bond donors (Lipinski definition) is 1. The lowest BCUT2D eigenvalue weighted by Crippen LogP contribution is -2.45. The van der Waals surface area contributed by atoms with Crippen LogP contribution in [0.15, 0.2) is 0 Å².